The van der Waals surface area contributed by atoms with Gasteiger partial charge < -0.3 is 15.3 Å². The van der Waals surface area contributed by atoms with E-state index in [0.29, 0.717) is 12.5 Å². The fourth-order valence-electron chi connectivity index (χ4n) is 2.08. The van der Waals surface area contributed by atoms with E-state index < -0.39 is 0 Å². The summed E-state index contributed by atoms with van der Waals surface area (Å²) in [6, 6.07) is 0.164. The molecule has 1 aliphatic heterocycles. The maximum absolute atomic E-state index is 12.2. The fraction of sp³-hybridized carbons (Fsp3) is 0.909. The molecule has 0 aromatic rings. The molecule has 15 heavy (non-hydrogen) atoms. The molecule has 4 heteroatoms. The number of nitrogens with one attached hydrogen (secondary N) is 1. The first-order valence-electron chi connectivity index (χ1n) is 5.70. The van der Waals surface area contributed by atoms with Crippen LogP contribution in [0.5, 0.6) is 0 Å². The average Bonchev–Trinajstić information content (AvgIpc) is 2.59. The third-order valence-electron chi connectivity index (χ3n) is 3.08. The van der Waals surface area contributed by atoms with Gasteiger partial charge >= 0.3 is 0 Å². The van der Waals surface area contributed by atoms with Crippen molar-refractivity contribution in [1.29, 1.82) is 0 Å². The number of nitrogens with zero attached hydrogens (tertiary/aromatic N) is 1. The van der Waals surface area contributed by atoms with E-state index in [-0.39, 0.29) is 24.5 Å². The molecule has 1 saturated heterocycles. The van der Waals surface area contributed by atoms with Crippen LogP contribution in [0.3, 0.4) is 0 Å². The maximum Gasteiger partial charge on any atom is 0.227 e. The first-order chi connectivity index (χ1) is 7.07. The van der Waals surface area contributed by atoms with Gasteiger partial charge in [-0.2, -0.15) is 0 Å². The van der Waals surface area contributed by atoms with Gasteiger partial charge in [-0.25, -0.2) is 0 Å². The van der Waals surface area contributed by atoms with Crippen molar-refractivity contribution in [3.63, 3.8) is 0 Å². The third-order valence-corrected chi connectivity index (χ3v) is 3.08. The highest BCUT2D eigenvalue weighted by Gasteiger charge is 2.33. The first kappa shape index (κ1) is 12.5. The van der Waals surface area contributed by atoms with Crippen LogP contribution in [0.1, 0.15) is 20.8 Å². The minimum atomic E-state index is 0.0401. The van der Waals surface area contributed by atoms with Gasteiger partial charge in [0, 0.05) is 19.1 Å². The van der Waals surface area contributed by atoms with Crippen LogP contribution in [-0.2, 0) is 4.79 Å². The molecular formula is C11H22N2O2. The van der Waals surface area contributed by atoms with Crippen molar-refractivity contribution in [3.8, 4) is 0 Å². The van der Waals surface area contributed by atoms with Crippen LogP contribution in [0.25, 0.3) is 0 Å². The van der Waals surface area contributed by atoms with Gasteiger partial charge in [0.1, 0.15) is 0 Å². The predicted octanol–water partition coefficient (Wildman–Crippen LogP) is 0.0712. The van der Waals surface area contributed by atoms with Crippen molar-refractivity contribution in [2.75, 3.05) is 26.2 Å². The standard InChI is InChI=1S/C11H22N2O2/c1-8(2)13(4-5-14)11(15)10-7-12-6-9(10)3/h8-10,12,14H,4-7H2,1-3H3/t9-,10-/m1/s1. The van der Waals surface area contributed by atoms with Gasteiger partial charge in [0.15, 0.2) is 0 Å². The molecule has 0 bridgehead atoms. The zero-order chi connectivity index (χ0) is 11.4. The van der Waals surface area contributed by atoms with E-state index in [1.165, 1.54) is 0 Å². The van der Waals surface area contributed by atoms with Crippen LogP contribution in [0.2, 0.25) is 0 Å². The van der Waals surface area contributed by atoms with E-state index in [0.717, 1.165) is 13.1 Å². The van der Waals surface area contributed by atoms with Gasteiger partial charge in [-0.15, -0.1) is 0 Å². The SMILES string of the molecule is CC(C)N(CCO)C(=O)[C@@H]1CNC[C@H]1C. The molecular weight excluding hydrogens is 192 g/mol. The molecule has 1 rings (SSSR count). The zero-order valence-electron chi connectivity index (χ0n) is 9.86. The monoisotopic (exact) mass is 214 g/mol. The van der Waals surface area contributed by atoms with Gasteiger partial charge in [0.05, 0.1) is 12.5 Å². The van der Waals surface area contributed by atoms with E-state index in [4.69, 9.17) is 5.11 Å². The Morgan fingerprint density at radius 3 is 2.60 bits per heavy atom. The molecule has 0 unspecified atom stereocenters. The summed E-state index contributed by atoms with van der Waals surface area (Å²) in [5.74, 6) is 0.660. The van der Waals surface area contributed by atoms with Crippen molar-refractivity contribution in [1.82, 2.24) is 10.2 Å². The first-order valence-corrected chi connectivity index (χ1v) is 5.70. The highest BCUT2D eigenvalue weighted by Crippen LogP contribution is 2.19. The third kappa shape index (κ3) is 2.92. The van der Waals surface area contributed by atoms with Crippen LogP contribution >= 0.6 is 0 Å². The van der Waals surface area contributed by atoms with Gasteiger partial charge in [-0.3, -0.25) is 4.79 Å². The molecule has 0 spiro atoms. The number of carbonyl (C=O) groups excluding carboxylic acids is 1. The summed E-state index contributed by atoms with van der Waals surface area (Å²) in [5.41, 5.74) is 0. The van der Waals surface area contributed by atoms with Gasteiger partial charge in [-0.1, -0.05) is 6.92 Å². The van der Waals surface area contributed by atoms with E-state index >= 15 is 0 Å². The number of aliphatic hydroxyl groups excluding tert-OH is 1. The van der Waals surface area contributed by atoms with E-state index in [9.17, 15) is 4.79 Å². The van der Waals surface area contributed by atoms with Crippen molar-refractivity contribution >= 4 is 5.91 Å². The molecule has 0 aromatic heterocycles. The number of aliphatic hydroxyl groups is 1. The summed E-state index contributed by atoms with van der Waals surface area (Å²) in [7, 11) is 0. The molecule has 0 saturated carbocycles. The number of carbonyl (C=O) groups is 1. The Morgan fingerprint density at radius 2 is 2.20 bits per heavy atom. The van der Waals surface area contributed by atoms with E-state index in [1.807, 2.05) is 13.8 Å². The van der Waals surface area contributed by atoms with Crippen LogP contribution in [0.4, 0.5) is 0 Å². The Hall–Kier alpha value is -0.610. The molecule has 0 aromatic carbocycles. The highest BCUT2D eigenvalue weighted by atomic mass is 16.3. The normalized spacial score (nSPS) is 25.9. The second-order valence-corrected chi connectivity index (χ2v) is 4.59. The lowest BCUT2D eigenvalue weighted by atomic mass is 9.96. The van der Waals surface area contributed by atoms with Crippen molar-refractivity contribution in [3.05, 3.63) is 0 Å². The van der Waals surface area contributed by atoms with Crippen LogP contribution in [0, 0.1) is 11.8 Å². The molecule has 0 aliphatic carbocycles. The highest BCUT2D eigenvalue weighted by molar-refractivity contribution is 5.80. The van der Waals surface area contributed by atoms with Crippen molar-refractivity contribution in [2.24, 2.45) is 11.8 Å². The van der Waals surface area contributed by atoms with E-state index in [1.54, 1.807) is 4.90 Å². The second kappa shape index (κ2) is 5.47. The molecule has 88 valence electrons. The number of rotatable bonds is 4. The van der Waals surface area contributed by atoms with Gasteiger partial charge in [0.2, 0.25) is 5.91 Å². The largest absolute Gasteiger partial charge is 0.395 e. The quantitative estimate of drug-likeness (QED) is 0.696. The second-order valence-electron chi connectivity index (χ2n) is 4.59. The molecule has 1 aliphatic rings. The lowest BCUT2D eigenvalue weighted by molar-refractivity contribution is -0.138. The Labute approximate surface area is 91.6 Å². The van der Waals surface area contributed by atoms with Gasteiger partial charge in [0.25, 0.3) is 0 Å². The molecule has 2 atom stereocenters. The zero-order valence-corrected chi connectivity index (χ0v) is 9.86. The molecule has 1 heterocycles. The summed E-state index contributed by atoms with van der Waals surface area (Å²) in [5, 5.41) is 12.2. The van der Waals surface area contributed by atoms with Crippen LogP contribution in [0.15, 0.2) is 0 Å². The van der Waals surface area contributed by atoms with Gasteiger partial charge in [-0.05, 0) is 26.3 Å². The summed E-state index contributed by atoms with van der Waals surface area (Å²) < 4.78 is 0. The number of hydrogen-bond donors (Lipinski definition) is 2. The smallest absolute Gasteiger partial charge is 0.227 e. The summed E-state index contributed by atoms with van der Waals surface area (Å²) in [6.07, 6.45) is 0. The fourth-order valence-corrected chi connectivity index (χ4v) is 2.08. The number of amides is 1. The maximum atomic E-state index is 12.2. The van der Waals surface area contributed by atoms with Crippen molar-refractivity contribution in [2.45, 2.75) is 26.8 Å². The molecule has 4 nitrogen and oxygen atoms in total. The summed E-state index contributed by atoms with van der Waals surface area (Å²) >= 11 is 0. The van der Waals surface area contributed by atoms with Crippen LogP contribution in [-0.4, -0.2) is 48.2 Å². The Kier molecular flexibility index (Phi) is 4.54. The summed E-state index contributed by atoms with van der Waals surface area (Å²) in [4.78, 5) is 13.9. The molecule has 1 amide bonds. The Morgan fingerprint density at radius 1 is 1.53 bits per heavy atom. The van der Waals surface area contributed by atoms with E-state index in [2.05, 4.69) is 12.2 Å². The Balaban J connectivity index is 2.62. The Bertz CT molecular complexity index is 219. The minimum absolute atomic E-state index is 0.0401. The average molecular weight is 214 g/mol. The molecule has 0 radical (unpaired) electrons. The number of hydrogen-bond acceptors (Lipinski definition) is 3. The van der Waals surface area contributed by atoms with Crippen molar-refractivity contribution < 1.29 is 9.90 Å². The minimum Gasteiger partial charge on any atom is -0.395 e. The summed E-state index contributed by atoms with van der Waals surface area (Å²) in [6.45, 7) is 8.25. The molecule has 2 N–H and O–H groups in total. The lowest BCUT2D eigenvalue weighted by Gasteiger charge is -2.29. The lowest BCUT2D eigenvalue weighted by Crippen LogP contribution is -2.44. The molecule has 1 fully saturated rings. The predicted molar refractivity (Wildman–Crippen MR) is 59.5 cm³/mol. The van der Waals surface area contributed by atoms with Crippen LogP contribution < -0.4 is 5.32 Å². The topological polar surface area (TPSA) is 52.6 Å².